The molecule has 3 aromatic rings. The number of hydrogen-bond donors (Lipinski definition) is 1. The summed E-state index contributed by atoms with van der Waals surface area (Å²) in [7, 11) is 0. The fourth-order valence-electron chi connectivity index (χ4n) is 4.35. The zero-order chi connectivity index (χ0) is 23.8. The highest BCUT2D eigenvalue weighted by Crippen LogP contribution is 2.30. The molecule has 0 saturated carbocycles. The molecule has 4 rings (SSSR count). The van der Waals surface area contributed by atoms with Gasteiger partial charge in [-0.3, -0.25) is 0 Å². The van der Waals surface area contributed by atoms with Gasteiger partial charge in [-0.2, -0.15) is 0 Å². The normalized spacial score (nSPS) is 14.4. The van der Waals surface area contributed by atoms with Crippen LogP contribution in [0.3, 0.4) is 0 Å². The minimum Gasteiger partial charge on any atom is -0.508 e. The number of phenols is 1. The molecule has 178 valence electrons. The van der Waals surface area contributed by atoms with E-state index in [4.69, 9.17) is 4.84 Å². The first kappa shape index (κ1) is 23.9. The van der Waals surface area contributed by atoms with E-state index in [-0.39, 0.29) is 23.3 Å². The van der Waals surface area contributed by atoms with Crippen LogP contribution in [0, 0.1) is 11.6 Å². The molecule has 3 aromatic carbocycles. The summed E-state index contributed by atoms with van der Waals surface area (Å²) in [6, 6.07) is 20.2. The van der Waals surface area contributed by atoms with Crippen molar-refractivity contribution < 1.29 is 18.7 Å². The molecule has 0 bridgehead atoms. The second kappa shape index (κ2) is 11.7. The lowest BCUT2D eigenvalue weighted by Crippen LogP contribution is -2.34. The van der Waals surface area contributed by atoms with Crippen molar-refractivity contribution in [2.24, 2.45) is 5.16 Å². The second-order valence-electron chi connectivity index (χ2n) is 8.74. The van der Waals surface area contributed by atoms with E-state index in [1.54, 1.807) is 12.1 Å². The molecule has 0 aliphatic carbocycles. The molecule has 1 N–H and O–H groups in total. The van der Waals surface area contributed by atoms with Crippen molar-refractivity contribution in [3.05, 3.63) is 101 Å². The minimum atomic E-state index is -0.251. The van der Waals surface area contributed by atoms with Gasteiger partial charge in [-0.1, -0.05) is 41.6 Å². The number of nitrogens with zero attached hydrogens (tertiary/aromatic N) is 2. The molecule has 0 spiro atoms. The smallest absolute Gasteiger partial charge is 0.142 e. The molecule has 0 radical (unpaired) electrons. The number of aromatic hydroxyl groups is 1. The fourth-order valence-corrected chi connectivity index (χ4v) is 4.35. The summed E-state index contributed by atoms with van der Waals surface area (Å²) in [6.45, 7) is 3.25. The highest BCUT2D eigenvalue weighted by molar-refractivity contribution is 5.84. The van der Waals surface area contributed by atoms with Crippen molar-refractivity contribution in [3.63, 3.8) is 0 Å². The van der Waals surface area contributed by atoms with Gasteiger partial charge >= 0.3 is 0 Å². The highest BCUT2D eigenvalue weighted by Gasteiger charge is 2.18. The first-order chi connectivity index (χ1) is 16.6. The van der Waals surface area contributed by atoms with Crippen molar-refractivity contribution in [3.8, 4) is 5.75 Å². The summed E-state index contributed by atoms with van der Waals surface area (Å²) in [5.74, 6) is -0.153. The Morgan fingerprint density at radius 1 is 0.824 bits per heavy atom. The third-order valence-corrected chi connectivity index (χ3v) is 6.31. The van der Waals surface area contributed by atoms with Gasteiger partial charge in [0.1, 0.15) is 24.0 Å². The number of rotatable bonds is 9. The van der Waals surface area contributed by atoms with Crippen LogP contribution in [-0.2, 0) is 11.4 Å². The van der Waals surface area contributed by atoms with E-state index in [1.807, 2.05) is 36.4 Å². The molecule has 0 unspecified atom stereocenters. The molecule has 1 aliphatic heterocycles. The molecule has 1 saturated heterocycles. The van der Waals surface area contributed by atoms with Gasteiger partial charge in [0.05, 0.1) is 5.71 Å². The van der Waals surface area contributed by atoms with E-state index in [2.05, 4.69) is 10.1 Å². The number of piperidine rings is 1. The Morgan fingerprint density at radius 3 is 1.94 bits per heavy atom. The van der Waals surface area contributed by atoms with Crippen molar-refractivity contribution in [1.82, 2.24) is 4.90 Å². The fraction of sp³-hybridized carbons (Fsp3) is 0.321. The van der Waals surface area contributed by atoms with Gasteiger partial charge in [-0.25, -0.2) is 8.78 Å². The number of halogens is 2. The summed E-state index contributed by atoms with van der Waals surface area (Å²) in [4.78, 5) is 7.93. The van der Waals surface area contributed by atoms with Crippen molar-refractivity contribution in [2.45, 2.75) is 38.2 Å². The molecule has 4 nitrogen and oxygen atoms in total. The van der Waals surface area contributed by atoms with Gasteiger partial charge in [0.15, 0.2) is 0 Å². The van der Waals surface area contributed by atoms with Crippen LogP contribution < -0.4 is 0 Å². The van der Waals surface area contributed by atoms with E-state index in [1.165, 1.54) is 24.3 Å². The molecule has 1 heterocycles. The van der Waals surface area contributed by atoms with Gasteiger partial charge in [0.2, 0.25) is 0 Å². The summed E-state index contributed by atoms with van der Waals surface area (Å²) >= 11 is 0. The summed E-state index contributed by atoms with van der Waals surface area (Å²) < 4.78 is 26.9. The van der Waals surface area contributed by atoms with Crippen LogP contribution in [-0.4, -0.2) is 35.4 Å². The third kappa shape index (κ3) is 6.87. The SMILES string of the molecule is Oc1ccc(CON=C2CCN(CCCC(c3ccc(F)cc3)c3ccc(F)cc3)CC2)cc1. The van der Waals surface area contributed by atoms with Gasteiger partial charge in [0.25, 0.3) is 0 Å². The predicted octanol–water partition coefficient (Wildman–Crippen LogP) is 6.25. The summed E-state index contributed by atoms with van der Waals surface area (Å²) in [5, 5.41) is 13.6. The highest BCUT2D eigenvalue weighted by atomic mass is 19.1. The Labute approximate surface area is 199 Å². The number of likely N-dealkylation sites (tertiary alicyclic amines) is 1. The quantitative estimate of drug-likeness (QED) is 0.381. The number of oxime groups is 1. The van der Waals surface area contributed by atoms with Crippen LogP contribution in [0.4, 0.5) is 8.78 Å². The van der Waals surface area contributed by atoms with E-state index < -0.39 is 0 Å². The number of hydrogen-bond acceptors (Lipinski definition) is 4. The molecular weight excluding hydrogens is 434 g/mol. The summed E-state index contributed by atoms with van der Waals surface area (Å²) in [5.41, 5.74) is 4.14. The molecule has 1 fully saturated rings. The zero-order valence-electron chi connectivity index (χ0n) is 19.2. The minimum absolute atomic E-state index is 0.108. The average molecular weight is 465 g/mol. The lowest BCUT2D eigenvalue weighted by Gasteiger charge is -2.28. The first-order valence-corrected chi connectivity index (χ1v) is 11.8. The average Bonchev–Trinajstić information content (AvgIpc) is 2.85. The summed E-state index contributed by atoms with van der Waals surface area (Å²) in [6.07, 6.45) is 3.66. The molecule has 0 aromatic heterocycles. The Kier molecular flexibility index (Phi) is 8.26. The van der Waals surface area contributed by atoms with E-state index in [9.17, 15) is 13.9 Å². The predicted molar refractivity (Wildman–Crippen MR) is 130 cm³/mol. The van der Waals surface area contributed by atoms with Gasteiger partial charge in [0, 0.05) is 31.8 Å². The van der Waals surface area contributed by atoms with E-state index >= 15 is 0 Å². The molecule has 6 heteroatoms. The monoisotopic (exact) mass is 464 g/mol. The number of phenolic OH excluding ortho intramolecular Hbond substituents is 1. The van der Waals surface area contributed by atoms with Crippen LogP contribution in [0.25, 0.3) is 0 Å². The molecule has 0 amide bonds. The lowest BCUT2D eigenvalue weighted by atomic mass is 9.87. The molecule has 0 atom stereocenters. The van der Waals surface area contributed by atoms with Crippen molar-refractivity contribution >= 4 is 5.71 Å². The Bertz CT molecular complexity index is 1010. The van der Waals surface area contributed by atoms with Crippen LogP contribution in [0.2, 0.25) is 0 Å². The Balaban J connectivity index is 1.25. The Morgan fingerprint density at radius 2 is 1.38 bits per heavy atom. The third-order valence-electron chi connectivity index (χ3n) is 6.31. The first-order valence-electron chi connectivity index (χ1n) is 11.8. The van der Waals surface area contributed by atoms with Gasteiger partial charge in [-0.05, 0) is 72.5 Å². The van der Waals surface area contributed by atoms with E-state index in [0.717, 1.165) is 67.7 Å². The zero-order valence-corrected chi connectivity index (χ0v) is 19.2. The van der Waals surface area contributed by atoms with E-state index in [0.29, 0.717) is 6.61 Å². The van der Waals surface area contributed by atoms with Gasteiger partial charge < -0.3 is 14.8 Å². The van der Waals surface area contributed by atoms with Crippen LogP contribution in [0.15, 0.2) is 78.0 Å². The topological polar surface area (TPSA) is 45.1 Å². The van der Waals surface area contributed by atoms with Crippen molar-refractivity contribution in [1.29, 1.82) is 0 Å². The lowest BCUT2D eigenvalue weighted by molar-refractivity contribution is 0.127. The van der Waals surface area contributed by atoms with Crippen LogP contribution >= 0.6 is 0 Å². The Hall–Kier alpha value is -3.25. The standard InChI is InChI=1S/C28H30F2N2O2/c29-24-9-5-22(6-10-24)28(23-7-11-25(30)12-8-23)2-1-17-32-18-15-26(16-19-32)31-34-20-21-3-13-27(33)14-4-21/h3-14,28,33H,1-2,15-20H2. The van der Waals surface area contributed by atoms with Crippen molar-refractivity contribution in [2.75, 3.05) is 19.6 Å². The molecule has 34 heavy (non-hydrogen) atoms. The van der Waals surface area contributed by atoms with Crippen LogP contribution in [0.5, 0.6) is 5.75 Å². The maximum atomic E-state index is 13.4. The number of benzene rings is 3. The van der Waals surface area contributed by atoms with Crippen LogP contribution in [0.1, 0.15) is 48.3 Å². The van der Waals surface area contributed by atoms with Gasteiger partial charge in [-0.15, -0.1) is 0 Å². The molecular formula is C28H30F2N2O2. The maximum absolute atomic E-state index is 13.4. The second-order valence-corrected chi connectivity index (χ2v) is 8.74. The largest absolute Gasteiger partial charge is 0.508 e. The maximum Gasteiger partial charge on any atom is 0.142 e. The molecule has 1 aliphatic rings.